The van der Waals surface area contributed by atoms with Crippen LogP contribution < -0.4 is 0 Å². The maximum absolute atomic E-state index is 9.79. The van der Waals surface area contributed by atoms with Gasteiger partial charge in [-0.15, -0.1) is 0 Å². The average molecular weight is 248 g/mol. The lowest BCUT2D eigenvalue weighted by molar-refractivity contribution is -0.269. The Hall–Kier alpha value is -0.200. The second-order valence-electron chi connectivity index (χ2n) is 4.96. The van der Waals surface area contributed by atoms with Crippen LogP contribution >= 0.6 is 0 Å². The molecule has 1 aliphatic heterocycles. The standard InChI is InChI=1S/C12H24O5/c1-7(2)15-6-10-12(14)9(13)5-11(17-10)16-8(3)4/h7-14H,5-6H2,1-4H3/t9-,10-,11-,12+/m0/s1. The zero-order valence-corrected chi connectivity index (χ0v) is 11.0. The quantitative estimate of drug-likeness (QED) is 0.748. The van der Waals surface area contributed by atoms with Crippen LogP contribution in [-0.4, -0.2) is 53.6 Å². The van der Waals surface area contributed by atoms with Crippen LogP contribution in [0.15, 0.2) is 0 Å². The second kappa shape index (κ2) is 6.66. The molecule has 0 saturated carbocycles. The highest BCUT2D eigenvalue weighted by Crippen LogP contribution is 2.22. The molecule has 1 fully saturated rings. The summed E-state index contributed by atoms with van der Waals surface area (Å²) in [6, 6.07) is 0. The third-order valence-corrected chi connectivity index (χ3v) is 2.55. The molecule has 2 N–H and O–H groups in total. The van der Waals surface area contributed by atoms with Crippen molar-refractivity contribution in [3.05, 3.63) is 0 Å². The van der Waals surface area contributed by atoms with Crippen molar-refractivity contribution in [1.29, 1.82) is 0 Å². The van der Waals surface area contributed by atoms with Gasteiger partial charge in [0.2, 0.25) is 0 Å². The molecule has 0 aromatic carbocycles. The summed E-state index contributed by atoms with van der Waals surface area (Å²) in [7, 11) is 0. The van der Waals surface area contributed by atoms with Crippen LogP contribution in [0.1, 0.15) is 34.1 Å². The van der Waals surface area contributed by atoms with Gasteiger partial charge in [-0.1, -0.05) is 0 Å². The molecule has 0 radical (unpaired) electrons. The van der Waals surface area contributed by atoms with Crippen LogP contribution in [0.5, 0.6) is 0 Å². The molecule has 0 unspecified atom stereocenters. The average Bonchev–Trinajstić information content (AvgIpc) is 2.20. The minimum Gasteiger partial charge on any atom is -0.390 e. The van der Waals surface area contributed by atoms with Crippen molar-refractivity contribution < 1.29 is 24.4 Å². The van der Waals surface area contributed by atoms with E-state index in [1.807, 2.05) is 27.7 Å². The number of aliphatic hydroxyl groups excluding tert-OH is 2. The summed E-state index contributed by atoms with van der Waals surface area (Å²) in [5.74, 6) is 0. The molecule has 1 saturated heterocycles. The van der Waals surface area contributed by atoms with Crippen LogP contribution in [0.3, 0.4) is 0 Å². The van der Waals surface area contributed by atoms with E-state index in [1.165, 1.54) is 0 Å². The van der Waals surface area contributed by atoms with Gasteiger partial charge in [-0.25, -0.2) is 0 Å². The van der Waals surface area contributed by atoms with Gasteiger partial charge in [0.1, 0.15) is 12.2 Å². The molecular weight excluding hydrogens is 224 g/mol. The van der Waals surface area contributed by atoms with E-state index in [2.05, 4.69) is 0 Å². The molecule has 4 atom stereocenters. The highest BCUT2D eigenvalue weighted by Gasteiger charge is 2.37. The first-order valence-electron chi connectivity index (χ1n) is 6.18. The molecule has 0 spiro atoms. The molecule has 0 aliphatic carbocycles. The summed E-state index contributed by atoms with van der Waals surface area (Å²) < 4.78 is 16.5. The summed E-state index contributed by atoms with van der Waals surface area (Å²) in [5.41, 5.74) is 0. The van der Waals surface area contributed by atoms with Gasteiger partial charge in [0.05, 0.1) is 24.9 Å². The molecular formula is C12H24O5. The van der Waals surface area contributed by atoms with Crippen LogP contribution in [0.4, 0.5) is 0 Å². The molecule has 17 heavy (non-hydrogen) atoms. The number of aliphatic hydroxyl groups is 2. The Morgan fingerprint density at radius 1 is 1.18 bits per heavy atom. The molecule has 0 bridgehead atoms. The number of hydrogen-bond acceptors (Lipinski definition) is 5. The molecule has 102 valence electrons. The lowest BCUT2D eigenvalue weighted by atomic mass is 10.0. The van der Waals surface area contributed by atoms with Crippen molar-refractivity contribution in [2.45, 2.75) is 70.9 Å². The van der Waals surface area contributed by atoms with Gasteiger partial charge >= 0.3 is 0 Å². The smallest absolute Gasteiger partial charge is 0.161 e. The molecule has 0 aromatic rings. The molecule has 5 nitrogen and oxygen atoms in total. The fraction of sp³-hybridized carbons (Fsp3) is 1.00. The Morgan fingerprint density at radius 2 is 1.82 bits per heavy atom. The van der Waals surface area contributed by atoms with E-state index in [0.717, 1.165) is 0 Å². The highest BCUT2D eigenvalue weighted by atomic mass is 16.7. The predicted octanol–water partition coefficient (Wildman–Crippen LogP) is 0.673. The third kappa shape index (κ3) is 4.89. The maximum Gasteiger partial charge on any atom is 0.161 e. The molecule has 1 rings (SSSR count). The topological polar surface area (TPSA) is 68.2 Å². The van der Waals surface area contributed by atoms with Gasteiger partial charge < -0.3 is 24.4 Å². The van der Waals surface area contributed by atoms with Gasteiger partial charge in [-0.05, 0) is 27.7 Å². The molecule has 1 heterocycles. The van der Waals surface area contributed by atoms with Crippen molar-refractivity contribution >= 4 is 0 Å². The number of ether oxygens (including phenoxy) is 3. The SMILES string of the molecule is CC(C)OC[C@@H]1O[C@H](OC(C)C)C[C@H](O)[C@H]1O. The Kier molecular flexibility index (Phi) is 5.82. The zero-order chi connectivity index (χ0) is 13.0. The zero-order valence-electron chi connectivity index (χ0n) is 11.0. The lowest BCUT2D eigenvalue weighted by Gasteiger charge is -2.37. The summed E-state index contributed by atoms with van der Waals surface area (Å²) >= 11 is 0. The van der Waals surface area contributed by atoms with Crippen LogP contribution in [-0.2, 0) is 14.2 Å². The van der Waals surface area contributed by atoms with Crippen LogP contribution in [0.25, 0.3) is 0 Å². The van der Waals surface area contributed by atoms with Crippen molar-refractivity contribution in [2.24, 2.45) is 0 Å². The molecule has 0 aromatic heterocycles. The van der Waals surface area contributed by atoms with E-state index in [9.17, 15) is 10.2 Å². The van der Waals surface area contributed by atoms with Gasteiger partial charge in [0, 0.05) is 6.42 Å². The first-order valence-corrected chi connectivity index (χ1v) is 6.18. The monoisotopic (exact) mass is 248 g/mol. The number of hydrogen-bond donors (Lipinski definition) is 2. The molecule has 5 heteroatoms. The van der Waals surface area contributed by atoms with Crippen molar-refractivity contribution in [2.75, 3.05) is 6.61 Å². The fourth-order valence-electron chi connectivity index (χ4n) is 1.73. The van der Waals surface area contributed by atoms with E-state index in [-0.39, 0.29) is 25.2 Å². The van der Waals surface area contributed by atoms with E-state index < -0.39 is 24.6 Å². The summed E-state index contributed by atoms with van der Waals surface area (Å²) in [5, 5.41) is 19.5. The highest BCUT2D eigenvalue weighted by molar-refractivity contribution is 4.83. The van der Waals surface area contributed by atoms with Gasteiger partial charge in [-0.2, -0.15) is 0 Å². The minimum atomic E-state index is -0.916. The molecule has 0 amide bonds. The summed E-state index contributed by atoms with van der Waals surface area (Å²) in [6.07, 6.45) is -2.38. The van der Waals surface area contributed by atoms with Crippen molar-refractivity contribution in [3.8, 4) is 0 Å². The van der Waals surface area contributed by atoms with E-state index in [1.54, 1.807) is 0 Å². The Labute approximate surface area is 103 Å². The largest absolute Gasteiger partial charge is 0.390 e. The maximum atomic E-state index is 9.79. The van der Waals surface area contributed by atoms with Crippen LogP contribution in [0, 0.1) is 0 Å². The molecule has 1 aliphatic rings. The van der Waals surface area contributed by atoms with Crippen molar-refractivity contribution in [1.82, 2.24) is 0 Å². The normalized spacial score (nSPS) is 34.6. The van der Waals surface area contributed by atoms with E-state index in [4.69, 9.17) is 14.2 Å². The second-order valence-corrected chi connectivity index (χ2v) is 4.96. The van der Waals surface area contributed by atoms with E-state index in [0.29, 0.717) is 0 Å². The van der Waals surface area contributed by atoms with Gasteiger partial charge in [0.15, 0.2) is 6.29 Å². The Bertz CT molecular complexity index is 219. The first kappa shape index (κ1) is 14.9. The van der Waals surface area contributed by atoms with Gasteiger partial charge in [0.25, 0.3) is 0 Å². The summed E-state index contributed by atoms with van der Waals surface area (Å²) in [4.78, 5) is 0. The predicted molar refractivity (Wildman–Crippen MR) is 62.6 cm³/mol. The minimum absolute atomic E-state index is 0.0223. The first-order chi connectivity index (χ1) is 7.90. The number of rotatable bonds is 5. The van der Waals surface area contributed by atoms with E-state index >= 15 is 0 Å². The van der Waals surface area contributed by atoms with Crippen molar-refractivity contribution in [3.63, 3.8) is 0 Å². The Balaban J connectivity index is 2.49. The van der Waals surface area contributed by atoms with Gasteiger partial charge in [-0.3, -0.25) is 0 Å². The van der Waals surface area contributed by atoms with Crippen LogP contribution in [0.2, 0.25) is 0 Å². The lowest BCUT2D eigenvalue weighted by Crippen LogP contribution is -2.51. The third-order valence-electron chi connectivity index (χ3n) is 2.55. The fourth-order valence-corrected chi connectivity index (χ4v) is 1.73. The summed E-state index contributed by atoms with van der Waals surface area (Å²) in [6.45, 7) is 7.89. The Morgan fingerprint density at radius 3 is 2.35 bits per heavy atom.